The van der Waals surface area contributed by atoms with Crippen molar-refractivity contribution in [2.45, 2.75) is 321 Å². The summed E-state index contributed by atoms with van der Waals surface area (Å²) in [6.45, 7) is 4.76. The molecule has 3 atom stereocenters. The maximum Gasteiger partial charge on any atom is 0.268 e. The van der Waals surface area contributed by atoms with E-state index in [1.807, 2.05) is 21.1 Å². The summed E-state index contributed by atoms with van der Waals surface area (Å²) in [5, 5.41) is 14.0. The molecule has 0 radical (unpaired) electrons. The number of allylic oxidation sites excluding steroid dienone is 4. The largest absolute Gasteiger partial charge is 0.756 e. The molecule has 3 unspecified atom stereocenters. The second-order valence-electron chi connectivity index (χ2n) is 22.4. The summed E-state index contributed by atoms with van der Waals surface area (Å²) >= 11 is 0. The number of phosphoric acid groups is 1. The Kier molecular flexibility index (Phi) is 52.1. The van der Waals surface area contributed by atoms with Gasteiger partial charge in [0.15, 0.2) is 0 Å². The van der Waals surface area contributed by atoms with Gasteiger partial charge in [-0.1, -0.05) is 282 Å². The predicted octanol–water partition coefficient (Wildman–Crippen LogP) is 18.1. The van der Waals surface area contributed by atoms with E-state index in [9.17, 15) is 19.4 Å². The van der Waals surface area contributed by atoms with Gasteiger partial charge in [-0.15, -0.1) is 0 Å². The molecule has 0 aromatic carbocycles. The normalized spacial score (nSPS) is 14.0. The number of carbonyl (C=O) groups is 1. The van der Waals surface area contributed by atoms with E-state index in [-0.39, 0.29) is 19.1 Å². The van der Waals surface area contributed by atoms with Crippen LogP contribution in [0.3, 0.4) is 0 Å². The van der Waals surface area contributed by atoms with Gasteiger partial charge in [-0.05, 0) is 44.9 Å². The van der Waals surface area contributed by atoms with Gasteiger partial charge < -0.3 is 28.8 Å². The summed E-state index contributed by atoms with van der Waals surface area (Å²) in [6.07, 6.45) is 66.6. The molecule has 0 saturated heterocycles. The Labute approximate surface area is 436 Å². The van der Waals surface area contributed by atoms with Gasteiger partial charge in [-0.25, -0.2) is 0 Å². The van der Waals surface area contributed by atoms with Crippen LogP contribution in [0.2, 0.25) is 0 Å². The Morgan fingerprint density at radius 2 is 0.829 bits per heavy atom. The van der Waals surface area contributed by atoms with Crippen molar-refractivity contribution < 1.29 is 32.9 Å². The van der Waals surface area contributed by atoms with Crippen LogP contribution in [0.25, 0.3) is 0 Å². The summed E-state index contributed by atoms with van der Waals surface area (Å²) in [4.78, 5) is 25.5. The molecule has 0 aliphatic heterocycles. The number of nitrogens with one attached hydrogen (secondary N) is 1. The fraction of sp³-hybridized carbons (Fsp3) is 0.918. The summed E-state index contributed by atoms with van der Waals surface area (Å²) in [7, 11) is 1.32. The number of unbranched alkanes of at least 4 members (excludes halogenated alkanes) is 40. The monoisotopic (exact) mass is 1010 g/mol. The molecular formula is C61H121N2O6P. The van der Waals surface area contributed by atoms with Gasteiger partial charge in [0.05, 0.1) is 39.9 Å². The number of nitrogens with zero attached hydrogens (tertiary/aromatic N) is 1. The van der Waals surface area contributed by atoms with E-state index in [1.54, 1.807) is 0 Å². The molecule has 0 fully saturated rings. The minimum Gasteiger partial charge on any atom is -0.756 e. The number of hydrogen-bond acceptors (Lipinski definition) is 6. The highest BCUT2D eigenvalue weighted by Gasteiger charge is 2.24. The molecular weight excluding hydrogens is 888 g/mol. The molecule has 2 N–H and O–H groups in total. The van der Waals surface area contributed by atoms with Crippen molar-refractivity contribution in [2.24, 2.45) is 0 Å². The Bertz CT molecular complexity index is 1190. The van der Waals surface area contributed by atoms with E-state index in [4.69, 9.17) is 9.05 Å². The van der Waals surface area contributed by atoms with Crippen molar-refractivity contribution in [2.75, 3.05) is 40.9 Å². The molecule has 9 heteroatoms. The highest BCUT2D eigenvalue weighted by molar-refractivity contribution is 7.45. The second-order valence-corrected chi connectivity index (χ2v) is 23.8. The smallest absolute Gasteiger partial charge is 0.268 e. The first-order valence-corrected chi connectivity index (χ1v) is 32.1. The quantitative estimate of drug-likeness (QED) is 0.0272. The molecule has 0 aromatic rings. The van der Waals surface area contributed by atoms with Crippen molar-refractivity contribution in [3.63, 3.8) is 0 Å². The molecule has 0 saturated carbocycles. The number of likely N-dealkylation sites (N-methyl/N-ethyl adjacent to an activating group) is 1. The lowest BCUT2D eigenvalue weighted by atomic mass is 10.0. The van der Waals surface area contributed by atoms with Gasteiger partial charge in [0.1, 0.15) is 13.2 Å². The van der Waals surface area contributed by atoms with Crippen LogP contribution in [0, 0.1) is 0 Å². The van der Waals surface area contributed by atoms with Gasteiger partial charge in [-0.3, -0.25) is 9.36 Å². The Morgan fingerprint density at radius 3 is 1.19 bits per heavy atom. The van der Waals surface area contributed by atoms with E-state index in [2.05, 4.69) is 43.5 Å². The third kappa shape index (κ3) is 54.7. The average molecular weight is 1010 g/mol. The molecule has 8 nitrogen and oxygen atoms in total. The summed E-state index contributed by atoms with van der Waals surface area (Å²) in [5.41, 5.74) is 0. The van der Waals surface area contributed by atoms with Gasteiger partial charge >= 0.3 is 0 Å². The van der Waals surface area contributed by atoms with Gasteiger partial charge in [0.2, 0.25) is 5.91 Å². The van der Waals surface area contributed by atoms with Crippen LogP contribution in [0.4, 0.5) is 0 Å². The minimum absolute atomic E-state index is 0.0143. The van der Waals surface area contributed by atoms with Crippen molar-refractivity contribution in [1.29, 1.82) is 0 Å². The zero-order valence-corrected chi connectivity index (χ0v) is 48.4. The maximum absolute atomic E-state index is 13.0. The van der Waals surface area contributed by atoms with Crippen LogP contribution < -0.4 is 10.2 Å². The number of carbonyl (C=O) groups excluding carboxylic acids is 1. The number of amides is 1. The molecule has 70 heavy (non-hydrogen) atoms. The zero-order valence-electron chi connectivity index (χ0n) is 47.5. The third-order valence-corrected chi connectivity index (χ3v) is 15.2. The van der Waals surface area contributed by atoms with Gasteiger partial charge in [-0.2, -0.15) is 0 Å². The fourth-order valence-corrected chi connectivity index (χ4v) is 10.1. The molecule has 1 amide bonds. The molecule has 0 aliphatic carbocycles. The third-order valence-electron chi connectivity index (χ3n) is 14.2. The second kappa shape index (κ2) is 52.8. The van der Waals surface area contributed by atoms with Crippen LogP contribution in [-0.4, -0.2) is 68.5 Å². The lowest BCUT2D eigenvalue weighted by Crippen LogP contribution is -2.46. The maximum atomic E-state index is 13.0. The van der Waals surface area contributed by atoms with E-state index >= 15 is 0 Å². The number of phosphoric ester groups is 1. The number of aliphatic hydroxyl groups excluding tert-OH is 1. The topological polar surface area (TPSA) is 108 Å². The Morgan fingerprint density at radius 1 is 0.500 bits per heavy atom. The highest BCUT2D eigenvalue weighted by atomic mass is 31.2. The summed E-state index contributed by atoms with van der Waals surface area (Å²) < 4.78 is 23.4. The minimum atomic E-state index is -4.57. The molecule has 0 aromatic heterocycles. The molecule has 0 heterocycles. The zero-order chi connectivity index (χ0) is 51.3. The van der Waals surface area contributed by atoms with Crippen LogP contribution in [0.5, 0.6) is 0 Å². The molecule has 0 rings (SSSR count). The van der Waals surface area contributed by atoms with Crippen LogP contribution in [-0.2, 0) is 18.4 Å². The first-order valence-electron chi connectivity index (χ1n) is 30.7. The number of rotatable bonds is 57. The van der Waals surface area contributed by atoms with Crippen molar-refractivity contribution in [3.05, 3.63) is 24.3 Å². The van der Waals surface area contributed by atoms with Gasteiger partial charge in [0, 0.05) is 6.42 Å². The van der Waals surface area contributed by atoms with Crippen molar-refractivity contribution in [3.8, 4) is 0 Å². The van der Waals surface area contributed by atoms with E-state index in [0.717, 1.165) is 44.9 Å². The number of hydrogen-bond donors (Lipinski definition) is 2. The molecule has 0 bridgehead atoms. The first-order chi connectivity index (χ1) is 34.0. The van der Waals surface area contributed by atoms with Crippen molar-refractivity contribution >= 4 is 13.7 Å². The number of aliphatic hydroxyl groups is 1. The Hall–Kier alpha value is -1.02. The van der Waals surface area contributed by atoms with E-state index in [1.165, 1.54) is 238 Å². The van der Waals surface area contributed by atoms with Gasteiger partial charge in [0.25, 0.3) is 7.82 Å². The van der Waals surface area contributed by atoms with Crippen LogP contribution in [0.1, 0.15) is 309 Å². The summed E-state index contributed by atoms with van der Waals surface area (Å²) in [6, 6.07) is -0.798. The average Bonchev–Trinajstić information content (AvgIpc) is 3.32. The first kappa shape index (κ1) is 69.0. The number of quaternary nitrogens is 1. The highest BCUT2D eigenvalue weighted by Crippen LogP contribution is 2.38. The van der Waals surface area contributed by atoms with Crippen LogP contribution in [0.15, 0.2) is 24.3 Å². The van der Waals surface area contributed by atoms with E-state index in [0.29, 0.717) is 23.9 Å². The van der Waals surface area contributed by atoms with Crippen LogP contribution >= 0.6 is 7.82 Å². The van der Waals surface area contributed by atoms with Crippen molar-refractivity contribution in [1.82, 2.24) is 5.32 Å². The lowest BCUT2D eigenvalue weighted by Gasteiger charge is -2.30. The lowest BCUT2D eigenvalue weighted by molar-refractivity contribution is -0.870. The Balaban J connectivity index is 3.98. The standard InChI is InChI=1S/C61H121N2O6P/c1-6-8-10-12-14-16-18-20-22-23-24-25-26-27-28-29-30-31-32-33-34-35-36-37-38-39-41-43-45-47-49-51-53-55-61(65)62-59(58-69-70(66,67)68-57-56-63(3,4)5)60(64)54-52-50-48-46-44-42-40-21-19-17-15-13-11-9-7-2/h24-25,27-28,59-60,64H,6-23,26,29-58H2,1-5H3,(H-,62,65,66,67)/b25-24-,28-27-. The predicted molar refractivity (Wildman–Crippen MR) is 302 cm³/mol. The molecule has 416 valence electrons. The molecule has 0 aliphatic rings. The fourth-order valence-electron chi connectivity index (χ4n) is 9.37. The SMILES string of the molecule is CCCCCCCCCCC/C=C\C/C=C\CCCCCCCCCCCCCCCCCCCC(=O)NC(COP(=O)([O-])OCC[N+](C)(C)C)C(O)CCCCCCCCCCCCCCCCC. The molecule has 0 spiro atoms. The van der Waals surface area contributed by atoms with E-state index < -0.39 is 20.0 Å². The summed E-state index contributed by atoms with van der Waals surface area (Å²) in [5.74, 6) is -0.160.